The molecular weight excluding hydrogens is 360 g/mol. The molecule has 0 aliphatic heterocycles. The zero-order valence-electron chi connectivity index (χ0n) is 13.3. The fraction of sp³-hybridized carbons (Fsp3) is 0.111. The third-order valence-corrected chi connectivity index (χ3v) is 4.53. The van der Waals surface area contributed by atoms with Crippen molar-refractivity contribution in [1.82, 2.24) is 4.98 Å². The van der Waals surface area contributed by atoms with Gasteiger partial charge < -0.3 is 14.9 Å². The van der Waals surface area contributed by atoms with E-state index in [1.54, 1.807) is 42.5 Å². The van der Waals surface area contributed by atoms with Crippen molar-refractivity contribution in [1.29, 1.82) is 0 Å². The summed E-state index contributed by atoms with van der Waals surface area (Å²) in [5, 5.41) is 3.89. The van der Waals surface area contributed by atoms with E-state index in [0.717, 1.165) is 0 Å². The monoisotopic (exact) mass is 374 g/mol. The third-order valence-electron chi connectivity index (χ3n) is 3.62. The van der Waals surface area contributed by atoms with Crippen LogP contribution < -0.4 is 5.32 Å². The number of aromatic amines is 1. The lowest BCUT2D eigenvalue weighted by molar-refractivity contribution is -0.113. The molecule has 3 rings (SSSR count). The predicted molar refractivity (Wildman–Crippen MR) is 101 cm³/mol. The number of carbonyl (C=O) groups excluding carboxylic acids is 2. The second-order valence-electron chi connectivity index (χ2n) is 5.53. The number of halogens is 1. The van der Waals surface area contributed by atoms with Gasteiger partial charge in [-0.1, -0.05) is 41.9 Å². The number of ketones is 1. The quantitative estimate of drug-likeness (QED) is 0.530. The lowest BCUT2D eigenvalue weighted by Crippen LogP contribution is -2.23. The molecule has 7 heteroatoms. The largest absolute Gasteiger partial charge is 0.616 e. The number of aromatic nitrogens is 1. The smallest absolute Gasteiger partial charge is 0.274 e. The number of rotatable bonds is 5. The first-order valence-corrected chi connectivity index (χ1v) is 9.57. The highest BCUT2D eigenvalue weighted by molar-refractivity contribution is 7.91. The highest BCUT2D eigenvalue weighted by Gasteiger charge is 2.22. The van der Waals surface area contributed by atoms with Crippen molar-refractivity contribution in [2.24, 2.45) is 0 Å². The Kier molecular flexibility index (Phi) is 5.13. The minimum atomic E-state index is -1.28. The molecule has 25 heavy (non-hydrogen) atoms. The zero-order chi connectivity index (χ0) is 18.0. The molecule has 0 spiro atoms. The Bertz CT molecular complexity index is 938. The fourth-order valence-electron chi connectivity index (χ4n) is 2.56. The summed E-state index contributed by atoms with van der Waals surface area (Å²) >= 11 is 4.74. The Morgan fingerprint density at radius 1 is 1.20 bits per heavy atom. The maximum atomic E-state index is 12.8. The Labute approximate surface area is 152 Å². The summed E-state index contributed by atoms with van der Waals surface area (Å²) in [4.78, 5) is 28.0. The van der Waals surface area contributed by atoms with Gasteiger partial charge in [-0.25, -0.2) is 0 Å². The summed E-state index contributed by atoms with van der Waals surface area (Å²) in [6.45, 7) is 0. The molecule has 1 amide bonds. The normalized spacial score (nSPS) is 12.1. The minimum Gasteiger partial charge on any atom is -0.616 e. The van der Waals surface area contributed by atoms with Crippen molar-refractivity contribution in [3.63, 3.8) is 0 Å². The summed E-state index contributed by atoms with van der Waals surface area (Å²) in [6.07, 6.45) is 1.45. The fourth-order valence-corrected chi connectivity index (χ4v) is 3.18. The number of carbonyl (C=O) groups is 2. The van der Waals surface area contributed by atoms with E-state index in [1.807, 2.05) is 6.07 Å². The molecule has 1 unspecified atom stereocenters. The SMILES string of the molecule is C[S+]([O-])CC(=O)Nc1c(C(=O)c2ccccc2)[nH]c2cc(Cl)ccc12. The van der Waals surface area contributed by atoms with Gasteiger partial charge in [0.2, 0.25) is 5.78 Å². The first-order valence-electron chi connectivity index (χ1n) is 7.46. The first kappa shape index (κ1) is 17.5. The number of anilines is 1. The van der Waals surface area contributed by atoms with Crippen LogP contribution in [0.1, 0.15) is 16.1 Å². The second kappa shape index (κ2) is 7.31. The summed E-state index contributed by atoms with van der Waals surface area (Å²) in [7, 11) is 0. The van der Waals surface area contributed by atoms with Crippen LogP contribution in [0, 0.1) is 0 Å². The zero-order valence-corrected chi connectivity index (χ0v) is 14.9. The first-order chi connectivity index (χ1) is 12.0. The number of benzene rings is 2. The van der Waals surface area contributed by atoms with Crippen molar-refractivity contribution in [2.75, 3.05) is 17.3 Å². The van der Waals surface area contributed by atoms with Crippen molar-refractivity contribution in [3.05, 3.63) is 64.8 Å². The summed E-state index contributed by atoms with van der Waals surface area (Å²) in [5.41, 5.74) is 1.77. The summed E-state index contributed by atoms with van der Waals surface area (Å²) in [6, 6.07) is 13.9. The van der Waals surface area contributed by atoms with Gasteiger partial charge in [0.25, 0.3) is 5.91 Å². The van der Waals surface area contributed by atoms with Crippen molar-refractivity contribution >= 4 is 51.1 Å². The van der Waals surface area contributed by atoms with Crippen molar-refractivity contribution in [2.45, 2.75) is 0 Å². The van der Waals surface area contributed by atoms with Crippen LogP contribution in [-0.4, -0.2) is 33.2 Å². The van der Waals surface area contributed by atoms with E-state index in [2.05, 4.69) is 10.3 Å². The van der Waals surface area contributed by atoms with Crippen LogP contribution in [0.2, 0.25) is 5.02 Å². The van der Waals surface area contributed by atoms with Crippen LogP contribution in [0.4, 0.5) is 5.69 Å². The molecule has 0 radical (unpaired) electrons. The van der Waals surface area contributed by atoms with Gasteiger partial charge in [-0.05, 0) is 29.4 Å². The predicted octanol–water partition coefficient (Wildman–Crippen LogP) is 3.37. The molecule has 0 aliphatic carbocycles. The van der Waals surface area contributed by atoms with Crippen molar-refractivity contribution in [3.8, 4) is 0 Å². The summed E-state index contributed by atoms with van der Waals surface area (Å²) in [5.74, 6) is -0.807. The molecule has 0 saturated heterocycles. The third kappa shape index (κ3) is 3.87. The van der Waals surface area contributed by atoms with Gasteiger partial charge in [0.1, 0.15) is 5.69 Å². The molecule has 2 aromatic carbocycles. The van der Waals surface area contributed by atoms with Crippen molar-refractivity contribution < 1.29 is 14.1 Å². The Hall–Kier alpha value is -2.28. The number of fused-ring (bicyclic) bond motifs is 1. The van der Waals surface area contributed by atoms with E-state index >= 15 is 0 Å². The average molecular weight is 375 g/mol. The van der Waals surface area contributed by atoms with Gasteiger partial charge in [0, 0.05) is 21.5 Å². The van der Waals surface area contributed by atoms with E-state index in [4.69, 9.17) is 11.6 Å². The lowest BCUT2D eigenvalue weighted by atomic mass is 10.1. The molecular formula is C18H15ClN2O3S. The highest BCUT2D eigenvalue weighted by Crippen LogP contribution is 2.31. The molecule has 5 nitrogen and oxygen atoms in total. The molecule has 1 aromatic heterocycles. The molecule has 2 N–H and O–H groups in total. The number of H-pyrrole nitrogens is 1. The van der Waals surface area contributed by atoms with E-state index in [9.17, 15) is 14.1 Å². The van der Waals surface area contributed by atoms with Crippen LogP contribution >= 0.6 is 11.6 Å². The van der Waals surface area contributed by atoms with Crippen LogP contribution in [0.5, 0.6) is 0 Å². The second-order valence-corrected chi connectivity index (χ2v) is 7.40. The van der Waals surface area contributed by atoms with Gasteiger partial charge in [-0.2, -0.15) is 0 Å². The maximum absolute atomic E-state index is 12.8. The van der Waals surface area contributed by atoms with Gasteiger partial charge in [-0.3, -0.25) is 9.59 Å². The van der Waals surface area contributed by atoms with E-state index in [0.29, 0.717) is 27.2 Å². The maximum Gasteiger partial charge on any atom is 0.274 e. The van der Waals surface area contributed by atoms with Crippen LogP contribution in [-0.2, 0) is 16.0 Å². The number of amides is 1. The molecule has 1 atom stereocenters. The lowest BCUT2D eigenvalue weighted by Gasteiger charge is -2.08. The van der Waals surface area contributed by atoms with E-state index in [1.165, 1.54) is 6.26 Å². The van der Waals surface area contributed by atoms with Crippen LogP contribution in [0.15, 0.2) is 48.5 Å². The Morgan fingerprint density at radius 2 is 1.92 bits per heavy atom. The minimum absolute atomic E-state index is 0.140. The molecule has 3 aromatic rings. The molecule has 1 heterocycles. The Balaban J connectivity index is 2.08. The van der Waals surface area contributed by atoms with Gasteiger partial charge >= 0.3 is 0 Å². The molecule has 128 valence electrons. The number of hydrogen-bond donors (Lipinski definition) is 2. The van der Waals surface area contributed by atoms with Crippen LogP contribution in [0.3, 0.4) is 0 Å². The van der Waals surface area contributed by atoms with Crippen LogP contribution in [0.25, 0.3) is 10.9 Å². The standard InChI is InChI=1S/C18H15ClN2O3S/c1-25(24)10-15(22)21-16-13-8-7-12(19)9-14(13)20-17(16)18(23)11-5-3-2-4-6-11/h2-9,20H,10H2,1H3,(H,21,22). The molecule has 0 bridgehead atoms. The van der Waals surface area contributed by atoms with Gasteiger partial charge in [0.15, 0.2) is 5.75 Å². The van der Waals surface area contributed by atoms with E-state index in [-0.39, 0.29) is 17.2 Å². The van der Waals surface area contributed by atoms with Gasteiger partial charge in [0.05, 0.1) is 11.9 Å². The molecule has 0 saturated carbocycles. The molecule has 0 aliphatic rings. The highest BCUT2D eigenvalue weighted by atomic mass is 35.5. The summed E-state index contributed by atoms with van der Waals surface area (Å²) < 4.78 is 11.3. The Morgan fingerprint density at radius 3 is 2.60 bits per heavy atom. The van der Waals surface area contributed by atoms with Gasteiger partial charge in [-0.15, -0.1) is 0 Å². The average Bonchev–Trinajstić information content (AvgIpc) is 2.91. The number of nitrogens with one attached hydrogen (secondary N) is 2. The molecule has 0 fully saturated rings. The topological polar surface area (TPSA) is 85.0 Å². The number of hydrogen-bond acceptors (Lipinski definition) is 3. The van der Waals surface area contributed by atoms with E-state index < -0.39 is 17.1 Å².